The third-order valence-corrected chi connectivity index (χ3v) is 6.58. The van der Waals surface area contributed by atoms with Gasteiger partial charge in [0, 0.05) is 15.3 Å². The lowest BCUT2D eigenvalue weighted by molar-refractivity contribution is 0.102. The number of ketones is 1. The van der Waals surface area contributed by atoms with E-state index in [0.29, 0.717) is 27.3 Å². The number of carbonyl (C=O) groups excluding carboxylic acids is 1. The van der Waals surface area contributed by atoms with E-state index in [4.69, 9.17) is 5.26 Å². The van der Waals surface area contributed by atoms with E-state index in [-0.39, 0.29) is 17.1 Å². The zero-order valence-corrected chi connectivity index (χ0v) is 18.0. The molecule has 0 atom stereocenters. The van der Waals surface area contributed by atoms with Crippen LogP contribution >= 0.6 is 23.1 Å². The van der Waals surface area contributed by atoms with Crippen molar-refractivity contribution in [3.05, 3.63) is 85.8 Å². The molecule has 7 heteroatoms. The molecule has 5 nitrogen and oxygen atoms in total. The summed E-state index contributed by atoms with van der Waals surface area (Å²) in [6.45, 7) is 3.92. The van der Waals surface area contributed by atoms with Gasteiger partial charge in [-0.15, -0.1) is 11.3 Å². The fourth-order valence-corrected chi connectivity index (χ4v) is 5.08. The molecule has 0 aliphatic rings. The van der Waals surface area contributed by atoms with E-state index in [9.17, 15) is 9.59 Å². The van der Waals surface area contributed by atoms with Crippen LogP contribution in [0.2, 0.25) is 0 Å². The number of hydrogen-bond acceptors (Lipinski definition) is 6. The van der Waals surface area contributed by atoms with Gasteiger partial charge in [-0.2, -0.15) is 5.26 Å². The van der Waals surface area contributed by atoms with Crippen LogP contribution in [0.3, 0.4) is 0 Å². The molecular formula is C23H17N3O2S2. The van der Waals surface area contributed by atoms with Crippen LogP contribution in [0.5, 0.6) is 0 Å². The van der Waals surface area contributed by atoms with Crippen LogP contribution in [0.4, 0.5) is 0 Å². The van der Waals surface area contributed by atoms with Crippen LogP contribution < -0.4 is 5.56 Å². The van der Waals surface area contributed by atoms with Crippen LogP contribution in [-0.2, 0) is 0 Å². The summed E-state index contributed by atoms with van der Waals surface area (Å²) >= 11 is 2.84. The number of aryl methyl sites for hydroxylation is 2. The van der Waals surface area contributed by atoms with E-state index in [1.54, 1.807) is 53.8 Å². The number of aromatic nitrogens is 2. The van der Waals surface area contributed by atoms with Crippen molar-refractivity contribution in [1.82, 2.24) is 9.55 Å². The molecule has 0 aliphatic carbocycles. The predicted molar refractivity (Wildman–Crippen MR) is 121 cm³/mol. The zero-order valence-electron chi connectivity index (χ0n) is 16.4. The quantitative estimate of drug-likeness (QED) is 0.255. The third-order valence-electron chi connectivity index (χ3n) is 4.67. The van der Waals surface area contributed by atoms with Gasteiger partial charge in [0.1, 0.15) is 0 Å². The van der Waals surface area contributed by atoms with Crippen molar-refractivity contribution < 1.29 is 4.79 Å². The van der Waals surface area contributed by atoms with Crippen molar-refractivity contribution in [2.75, 3.05) is 5.75 Å². The molecule has 2 aromatic carbocycles. The lowest BCUT2D eigenvalue weighted by Crippen LogP contribution is -2.22. The van der Waals surface area contributed by atoms with Gasteiger partial charge in [0.2, 0.25) is 0 Å². The second-order valence-corrected chi connectivity index (χ2v) is 9.15. The van der Waals surface area contributed by atoms with Crippen molar-refractivity contribution in [2.45, 2.75) is 19.0 Å². The number of hydrogen-bond donors (Lipinski definition) is 0. The summed E-state index contributed by atoms with van der Waals surface area (Å²) in [6, 6.07) is 17.9. The second kappa shape index (κ2) is 8.27. The maximum absolute atomic E-state index is 13.2. The first-order chi connectivity index (χ1) is 14.5. The Labute approximate surface area is 181 Å². The monoisotopic (exact) mass is 431 g/mol. The van der Waals surface area contributed by atoms with Crippen molar-refractivity contribution in [1.29, 1.82) is 5.26 Å². The molecule has 4 aromatic rings. The molecule has 0 spiro atoms. The van der Waals surface area contributed by atoms with E-state index < -0.39 is 0 Å². The number of Topliss-reactive ketones (excluding diaryl/α,β-unsaturated/α-hetero) is 1. The van der Waals surface area contributed by atoms with Crippen LogP contribution in [0.15, 0.2) is 64.5 Å². The van der Waals surface area contributed by atoms with Crippen molar-refractivity contribution in [2.24, 2.45) is 0 Å². The van der Waals surface area contributed by atoms with Gasteiger partial charge in [-0.1, -0.05) is 23.9 Å². The number of thiophene rings is 1. The van der Waals surface area contributed by atoms with E-state index in [1.165, 1.54) is 16.3 Å². The Morgan fingerprint density at radius 3 is 2.57 bits per heavy atom. The van der Waals surface area contributed by atoms with Crippen LogP contribution in [0.25, 0.3) is 16.6 Å². The van der Waals surface area contributed by atoms with Gasteiger partial charge in [0.05, 0.1) is 34.0 Å². The third kappa shape index (κ3) is 3.80. The molecule has 0 bridgehead atoms. The lowest BCUT2D eigenvalue weighted by Gasteiger charge is -2.13. The number of fused-ring (bicyclic) bond motifs is 1. The summed E-state index contributed by atoms with van der Waals surface area (Å²) in [5, 5.41) is 10.0. The fraction of sp³-hybridized carbons (Fsp3) is 0.130. The molecule has 0 amide bonds. The molecule has 4 rings (SSSR count). The highest BCUT2D eigenvalue weighted by atomic mass is 32.2. The Morgan fingerprint density at radius 1 is 1.17 bits per heavy atom. The lowest BCUT2D eigenvalue weighted by atomic mass is 10.2. The van der Waals surface area contributed by atoms with E-state index in [2.05, 4.69) is 11.1 Å². The second-order valence-electron chi connectivity index (χ2n) is 6.75. The largest absolute Gasteiger partial charge is 0.293 e. The molecule has 0 radical (unpaired) electrons. The molecule has 0 saturated carbocycles. The molecule has 2 heterocycles. The van der Waals surface area contributed by atoms with Crippen LogP contribution in [0, 0.1) is 25.2 Å². The Morgan fingerprint density at radius 2 is 1.90 bits per heavy atom. The van der Waals surface area contributed by atoms with Gasteiger partial charge in [-0.3, -0.25) is 14.2 Å². The number of benzene rings is 2. The van der Waals surface area contributed by atoms with Gasteiger partial charge in [0.15, 0.2) is 10.9 Å². The summed E-state index contributed by atoms with van der Waals surface area (Å²) in [4.78, 5) is 32.8. The molecule has 0 aliphatic heterocycles. The molecule has 0 unspecified atom stereocenters. The smallest absolute Gasteiger partial charge is 0.266 e. The first-order valence-corrected chi connectivity index (χ1v) is 11.0. The zero-order chi connectivity index (χ0) is 21.3. The maximum Gasteiger partial charge on any atom is 0.266 e. The number of nitrogens with zero attached hydrogens (tertiary/aromatic N) is 3. The Bertz CT molecular complexity index is 1360. The summed E-state index contributed by atoms with van der Waals surface area (Å²) < 4.78 is 1.51. The number of rotatable bonds is 5. The topological polar surface area (TPSA) is 75.8 Å². The van der Waals surface area contributed by atoms with E-state index >= 15 is 0 Å². The van der Waals surface area contributed by atoms with Gasteiger partial charge < -0.3 is 0 Å². The molecule has 30 heavy (non-hydrogen) atoms. The van der Waals surface area contributed by atoms with Gasteiger partial charge in [-0.25, -0.2) is 4.98 Å². The summed E-state index contributed by atoms with van der Waals surface area (Å²) in [5.41, 5.74) is 2.22. The Kier molecular flexibility index (Phi) is 5.53. The highest BCUT2D eigenvalue weighted by Gasteiger charge is 2.17. The van der Waals surface area contributed by atoms with Crippen LogP contribution in [-0.4, -0.2) is 21.1 Å². The Hall–Kier alpha value is -3.21. The highest BCUT2D eigenvalue weighted by Crippen LogP contribution is 2.26. The SMILES string of the molecule is Cc1cc(C(=O)CSc2nc3ccccc3c(=O)n2-c2ccc(C#N)cc2)c(C)s1. The number of thioether (sulfide) groups is 1. The first kappa shape index (κ1) is 20.1. The van der Waals surface area contributed by atoms with Crippen molar-refractivity contribution in [3.8, 4) is 11.8 Å². The normalized spacial score (nSPS) is 10.8. The van der Waals surface area contributed by atoms with Gasteiger partial charge >= 0.3 is 0 Å². The van der Waals surface area contributed by atoms with Gasteiger partial charge in [-0.05, 0) is 56.3 Å². The average Bonchev–Trinajstić information content (AvgIpc) is 3.10. The van der Waals surface area contributed by atoms with Crippen LogP contribution in [0.1, 0.15) is 25.7 Å². The number of nitriles is 1. The molecule has 2 aromatic heterocycles. The standard InChI is InChI=1S/C23H17N3O2S2/c1-14-11-19(15(2)30-14)21(27)13-29-23-25-20-6-4-3-5-18(20)22(28)26(23)17-9-7-16(12-24)8-10-17/h3-11H,13H2,1-2H3. The van der Waals surface area contributed by atoms with Crippen molar-refractivity contribution >= 4 is 39.8 Å². The van der Waals surface area contributed by atoms with E-state index in [0.717, 1.165) is 15.3 Å². The molecular weight excluding hydrogens is 414 g/mol. The summed E-state index contributed by atoms with van der Waals surface area (Å²) in [6.07, 6.45) is 0. The minimum atomic E-state index is -0.206. The maximum atomic E-state index is 13.2. The molecule has 0 fully saturated rings. The summed E-state index contributed by atoms with van der Waals surface area (Å²) in [7, 11) is 0. The fourth-order valence-electron chi connectivity index (χ4n) is 3.24. The molecule has 148 valence electrons. The molecule has 0 N–H and O–H groups in total. The number of para-hydroxylation sites is 1. The first-order valence-electron chi connectivity index (χ1n) is 9.23. The van der Waals surface area contributed by atoms with Crippen molar-refractivity contribution in [3.63, 3.8) is 0 Å². The highest BCUT2D eigenvalue weighted by molar-refractivity contribution is 7.99. The minimum Gasteiger partial charge on any atom is -0.293 e. The molecule has 0 saturated heterocycles. The van der Waals surface area contributed by atoms with E-state index in [1.807, 2.05) is 26.0 Å². The minimum absolute atomic E-state index is 0.00985. The van der Waals surface area contributed by atoms with Gasteiger partial charge in [0.25, 0.3) is 5.56 Å². The summed E-state index contributed by atoms with van der Waals surface area (Å²) in [5.74, 6) is 0.188. The Balaban J connectivity index is 1.77. The average molecular weight is 432 g/mol. The number of carbonyl (C=O) groups is 1. The predicted octanol–water partition coefficient (Wildman–Crippen LogP) is 4.91.